The second-order valence-electron chi connectivity index (χ2n) is 3.65. The maximum atomic E-state index is 11.1. The predicted octanol–water partition coefficient (Wildman–Crippen LogP) is 1.55. The fourth-order valence-electron chi connectivity index (χ4n) is 1.67. The standard InChI is InChI=1S/C12H16O4/c1-8-3-4-11(16-2)10(7-8)9(5-6-13)12(14)15/h3-4,7,9,13H,5-6H2,1-2H3,(H,14,15). The lowest BCUT2D eigenvalue weighted by Crippen LogP contribution is -2.14. The Bertz CT molecular complexity index is 373. The lowest BCUT2D eigenvalue weighted by molar-refractivity contribution is -0.139. The number of hydrogen-bond acceptors (Lipinski definition) is 3. The van der Waals surface area contributed by atoms with Crippen molar-refractivity contribution >= 4 is 5.97 Å². The Labute approximate surface area is 94.5 Å². The molecule has 0 aliphatic heterocycles. The second kappa shape index (κ2) is 5.51. The highest BCUT2D eigenvalue weighted by Crippen LogP contribution is 2.30. The Hall–Kier alpha value is -1.55. The fourth-order valence-corrected chi connectivity index (χ4v) is 1.67. The molecule has 0 saturated carbocycles. The van der Waals surface area contributed by atoms with Crippen molar-refractivity contribution in [2.75, 3.05) is 13.7 Å². The highest BCUT2D eigenvalue weighted by Gasteiger charge is 2.22. The van der Waals surface area contributed by atoms with E-state index in [9.17, 15) is 4.79 Å². The maximum absolute atomic E-state index is 11.1. The van der Waals surface area contributed by atoms with Gasteiger partial charge in [0.05, 0.1) is 13.0 Å². The van der Waals surface area contributed by atoms with Crippen molar-refractivity contribution in [1.29, 1.82) is 0 Å². The van der Waals surface area contributed by atoms with Gasteiger partial charge in [0.1, 0.15) is 5.75 Å². The van der Waals surface area contributed by atoms with E-state index in [1.54, 1.807) is 12.1 Å². The number of methoxy groups -OCH3 is 1. The molecule has 0 spiro atoms. The smallest absolute Gasteiger partial charge is 0.311 e. The van der Waals surface area contributed by atoms with Crippen molar-refractivity contribution in [2.24, 2.45) is 0 Å². The Kier molecular flexibility index (Phi) is 4.31. The summed E-state index contributed by atoms with van der Waals surface area (Å²) in [5.41, 5.74) is 1.59. The Morgan fingerprint density at radius 2 is 2.19 bits per heavy atom. The van der Waals surface area contributed by atoms with Gasteiger partial charge < -0.3 is 14.9 Å². The van der Waals surface area contributed by atoms with Crippen LogP contribution in [0.25, 0.3) is 0 Å². The normalized spacial score (nSPS) is 12.2. The first kappa shape index (κ1) is 12.5. The largest absolute Gasteiger partial charge is 0.496 e. The summed E-state index contributed by atoms with van der Waals surface area (Å²) < 4.78 is 5.13. The number of rotatable bonds is 5. The van der Waals surface area contributed by atoms with Crippen molar-refractivity contribution in [3.8, 4) is 5.75 Å². The molecule has 0 aliphatic rings. The lowest BCUT2D eigenvalue weighted by atomic mass is 9.94. The van der Waals surface area contributed by atoms with E-state index >= 15 is 0 Å². The third-order valence-electron chi connectivity index (χ3n) is 2.48. The Morgan fingerprint density at radius 1 is 1.50 bits per heavy atom. The molecule has 1 aromatic rings. The molecule has 0 saturated heterocycles. The molecule has 1 aromatic carbocycles. The van der Waals surface area contributed by atoms with Gasteiger partial charge in [-0.25, -0.2) is 0 Å². The van der Waals surface area contributed by atoms with Gasteiger partial charge in [-0.1, -0.05) is 17.7 Å². The van der Waals surface area contributed by atoms with Gasteiger partial charge in [-0.15, -0.1) is 0 Å². The third-order valence-corrected chi connectivity index (χ3v) is 2.48. The van der Waals surface area contributed by atoms with Gasteiger partial charge >= 0.3 is 5.97 Å². The van der Waals surface area contributed by atoms with E-state index in [-0.39, 0.29) is 13.0 Å². The van der Waals surface area contributed by atoms with E-state index in [0.717, 1.165) is 5.56 Å². The van der Waals surface area contributed by atoms with E-state index in [1.165, 1.54) is 7.11 Å². The highest BCUT2D eigenvalue weighted by molar-refractivity contribution is 5.77. The van der Waals surface area contributed by atoms with Crippen LogP contribution < -0.4 is 4.74 Å². The molecule has 1 unspecified atom stereocenters. The molecule has 0 amide bonds. The van der Waals surface area contributed by atoms with Crippen molar-refractivity contribution in [3.05, 3.63) is 29.3 Å². The minimum absolute atomic E-state index is 0.159. The van der Waals surface area contributed by atoms with E-state index in [0.29, 0.717) is 11.3 Å². The maximum Gasteiger partial charge on any atom is 0.311 e. The van der Waals surface area contributed by atoms with E-state index in [2.05, 4.69) is 0 Å². The molecule has 0 bridgehead atoms. The van der Waals surface area contributed by atoms with Gasteiger partial charge in [-0.3, -0.25) is 4.79 Å². The number of aryl methyl sites for hydroxylation is 1. The number of hydrogen-bond donors (Lipinski definition) is 2. The topological polar surface area (TPSA) is 66.8 Å². The molecule has 0 aliphatic carbocycles. The summed E-state index contributed by atoms with van der Waals surface area (Å²) in [6, 6.07) is 5.39. The summed E-state index contributed by atoms with van der Waals surface area (Å²) >= 11 is 0. The molecule has 4 nitrogen and oxygen atoms in total. The molecule has 1 rings (SSSR count). The molecular weight excluding hydrogens is 208 g/mol. The van der Waals surface area contributed by atoms with Crippen molar-refractivity contribution in [1.82, 2.24) is 0 Å². The zero-order valence-electron chi connectivity index (χ0n) is 9.43. The van der Waals surface area contributed by atoms with Gasteiger partial charge in [-0.05, 0) is 19.4 Å². The second-order valence-corrected chi connectivity index (χ2v) is 3.65. The summed E-state index contributed by atoms with van der Waals surface area (Å²) in [5.74, 6) is -1.12. The molecule has 0 radical (unpaired) electrons. The quantitative estimate of drug-likeness (QED) is 0.796. The summed E-state index contributed by atoms with van der Waals surface area (Å²) in [6.07, 6.45) is 0.190. The molecule has 0 fully saturated rings. The molecule has 0 aromatic heterocycles. The Morgan fingerprint density at radius 3 is 2.69 bits per heavy atom. The number of benzene rings is 1. The molecule has 4 heteroatoms. The van der Waals surface area contributed by atoms with E-state index < -0.39 is 11.9 Å². The lowest BCUT2D eigenvalue weighted by Gasteiger charge is -2.15. The molecule has 2 N–H and O–H groups in total. The van der Waals surface area contributed by atoms with Crippen molar-refractivity contribution in [3.63, 3.8) is 0 Å². The average Bonchev–Trinajstić information content (AvgIpc) is 2.25. The first-order chi connectivity index (χ1) is 7.60. The van der Waals surface area contributed by atoms with E-state index in [4.69, 9.17) is 14.9 Å². The summed E-state index contributed by atoms with van der Waals surface area (Å²) in [6.45, 7) is 1.73. The van der Waals surface area contributed by atoms with Crippen LogP contribution in [0.3, 0.4) is 0 Å². The van der Waals surface area contributed by atoms with Crippen LogP contribution in [0.1, 0.15) is 23.5 Å². The summed E-state index contributed by atoms with van der Waals surface area (Å²) in [4.78, 5) is 11.1. The number of aliphatic carboxylic acids is 1. The molecular formula is C12H16O4. The minimum Gasteiger partial charge on any atom is -0.496 e. The highest BCUT2D eigenvalue weighted by atomic mass is 16.5. The van der Waals surface area contributed by atoms with Gasteiger partial charge in [0, 0.05) is 12.2 Å². The minimum atomic E-state index is -0.946. The number of carboxylic acid groups (broad SMARTS) is 1. The predicted molar refractivity (Wildman–Crippen MR) is 59.8 cm³/mol. The Balaban J connectivity index is 3.15. The van der Waals surface area contributed by atoms with Gasteiger partial charge in [0.25, 0.3) is 0 Å². The van der Waals surface area contributed by atoms with Crippen LogP contribution in [0.2, 0.25) is 0 Å². The van der Waals surface area contributed by atoms with Crippen LogP contribution in [0, 0.1) is 6.92 Å². The number of ether oxygens (including phenoxy) is 1. The number of aliphatic hydroxyl groups excluding tert-OH is 1. The molecule has 1 atom stereocenters. The first-order valence-corrected chi connectivity index (χ1v) is 5.08. The van der Waals surface area contributed by atoms with Crippen LogP contribution in [0.5, 0.6) is 5.75 Å². The fraction of sp³-hybridized carbons (Fsp3) is 0.417. The molecule has 88 valence electrons. The monoisotopic (exact) mass is 224 g/mol. The average molecular weight is 224 g/mol. The third kappa shape index (κ3) is 2.73. The van der Waals surface area contributed by atoms with Crippen molar-refractivity contribution in [2.45, 2.75) is 19.3 Å². The zero-order chi connectivity index (χ0) is 12.1. The SMILES string of the molecule is COc1ccc(C)cc1C(CCO)C(=O)O. The van der Waals surface area contributed by atoms with Crippen LogP contribution >= 0.6 is 0 Å². The van der Waals surface area contributed by atoms with Crippen LogP contribution in [-0.2, 0) is 4.79 Å². The first-order valence-electron chi connectivity index (χ1n) is 5.08. The van der Waals surface area contributed by atoms with E-state index in [1.807, 2.05) is 13.0 Å². The van der Waals surface area contributed by atoms with Gasteiger partial charge in [0.15, 0.2) is 0 Å². The van der Waals surface area contributed by atoms with Crippen LogP contribution in [0.15, 0.2) is 18.2 Å². The zero-order valence-corrected chi connectivity index (χ0v) is 9.43. The van der Waals surface area contributed by atoms with Gasteiger partial charge in [0.2, 0.25) is 0 Å². The van der Waals surface area contributed by atoms with Crippen LogP contribution in [0.4, 0.5) is 0 Å². The van der Waals surface area contributed by atoms with Gasteiger partial charge in [-0.2, -0.15) is 0 Å². The summed E-state index contributed by atoms with van der Waals surface area (Å²) in [7, 11) is 1.51. The number of aliphatic hydroxyl groups is 1. The number of carbonyl (C=O) groups is 1. The molecule has 0 heterocycles. The van der Waals surface area contributed by atoms with Crippen LogP contribution in [-0.4, -0.2) is 29.9 Å². The summed E-state index contributed by atoms with van der Waals surface area (Å²) in [5, 5.41) is 18.0. The van der Waals surface area contributed by atoms with Crippen molar-refractivity contribution < 1.29 is 19.7 Å². The number of carboxylic acids is 1. The molecule has 16 heavy (non-hydrogen) atoms.